The quantitative estimate of drug-likeness (QED) is 0.856. The van der Waals surface area contributed by atoms with Gasteiger partial charge in [-0.2, -0.15) is 0 Å². The average Bonchev–Trinajstić information content (AvgIpc) is 2.34. The highest BCUT2D eigenvalue weighted by atomic mass is 16.5. The van der Waals surface area contributed by atoms with E-state index in [1.54, 1.807) is 0 Å². The van der Waals surface area contributed by atoms with Crippen molar-refractivity contribution in [1.82, 2.24) is 0 Å². The van der Waals surface area contributed by atoms with Crippen molar-refractivity contribution in [3.05, 3.63) is 29.8 Å². The maximum atomic E-state index is 11.0. The van der Waals surface area contributed by atoms with Crippen LogP contribution < -0.4 is 10.5 Å². The number of benzene rings is 1. The van der Waals surface area contributed by atoms with Crippen LogP contribution in [-0.2, 0) is 11.2 Å². The lowest BCUT2D eigenvalue weighted by Crippen LogP contribution is -2.30. The van der Waals surface area contributed by atoms with Gasteiger partial charge in [-0.3, -0.25) is 4.79 Å². The van der Waals surface area contributed by atoms with Crippen LogP contribution in [0.4, 0.5) is 0 Å². The minimum Gasteiger partial charge on any atom is -0.494 e. The van der Waals surface area contributed by atoms with Gasteiger partial charge in [0, 0.05) is 0 Å². The Labute approximate surface area is 104 Å². The van der Waals surface area contributed by atoms with Gasteiger partial charge >= 0.3 is 0 Å². The minimum absolute atomic E-state index is 0.0175. The molecular weight excluding hydrogens is 214 g/mol. The van der Waals surface area contributed by atoms with Crippen LogP contribution in [0.2, 0.25) is 0 Å². The first-order valence-electron chi connectivity index (χ1n) is 6.11. The number of carbonyl (C=O) groups is 1. The second kappa shape index (κ2) is 8.76. The molecule has 0 heterocycles. The van der Waals surface area contributed by atoms with E-state index in [4.69, 9.17) is 10.5 Å². The molecular formula is C14H23NO2. The number of Topliss-reactive ketones (excluding diaryl/α,β-unsaturated/α-hetero) is 1. The average molecular weight is 237 g/mol. The first-order chi connectivity index (χ1) is 8.13. The summed E-state index contributed by atoms with van der Waals surface area (Å²) in [6, 6.07) is 7.27. The number of nitrogens with two attached hydrogens (primary N) is 1. The predicted molar refractivity (Wildman–Crippen MR) is 71.3 cm³/mol. The van der Waals surface area contributed by atoms with Crippen molar-refractivity contribution in [3.63, 3.8) is 0 Å². The molecule has 17 heavy (non-hydrogen) atoms. The fourth-order valence-electron chi connectivity index (χ4n) is 1.29. The van der Waals surface area contributed by atoms with Crippen molar-refractivity contribution < 1.29 is 9.53 Å². The molecule has 0 amide bonds. The number of rotatable bonds is 5. The predicted octanol–water partition coefficient (Wildman–Crippen LogP) is 2.57. The molecule has 1 rings (SSSR count). The molecule has 0 aliphatic carbocycles. The fourth-order valence-corrected chi connectivity index (χ4v) is 1.29. The summed E-state index contributed by atoms with van der Waals surface area (Å²) in [5.41, 5.74) is 6.72. The molecule has 3 nitrogen and oxygen atoms in total. The summed E-state index contributed by atoms with van der Waals surface area (Å²) in [6.07, 6.45) is 0.585. The van der Waals surface area contributed by atoms with E-state index in [0.29, 0.717) is 13.0 Å². The van der Waals surface area contributed by atoms with Crippen molar-refractivity contribution in [3.8, 4) is 5.75 Å². The summed E-state index contributed by atoms with van der Waals surface area (Å²) in [7, 11) is 0. The normalized spacial score (nSPS) is 11.1. The van der Waals surface area contributed by atoms with Crippen molar-refractivity contribution in [2.75, 3.05) is 6.61 Å². The first kappa shape index (κ1) is 15.7. The van der Waals surface area contributed by atoms with Crippen LogP contribution in [0.3, 0.4) is 0 Å². The molecule has 0 spiro atoms. The molecule has 0 bridgehead atoms. The molecule has 0 radical (unpaired) electrons. The van der Waals surface area contributed by atoms with Gasteiger partial charge in [-0.1, -0.05) is 26.0 Å². The van der Waals surface area contributed by atoms with Crippen molar-refractivity contribution >= 4 is 5.78 Å². The summed E-state index contributed by atoms with van der Waals surface area (Å²) in [5.74, 6) is 0.863. The Kier molecular flexibility index (Phi) is 8.07. The molecule has 1 unspecified atom stereocenters. The van der Waals surface area contributed by atoms with Crippen LogP contribution in [0.25, 0.3) is 0 Å². The van der Waals surface area contributed by atoms with Crippen LogP contribution in [0.1, 0.15) is 33.3 Å². The molecule has 0 fully saturated rings. The minimum atomic E-state index is -0.400. The lowest BCUT2D eigenvalue weighted by molar-refractivity contribution is -0.118. The van der Waals surface area contributed by atoms with Crippen molar-refractivity contribution in [2.45, 2.75) is 40.2 Å². The van der Waals surface area contributed by atoms with Crippen molar-refractivity contribution in [2.24, 2.45) is 5.73 Å². The number of carbonyl (C=O) groups excluding carboxylic acids is 1. The van der Waals surface area contributed by atoms with Gasteiger partial charge in [-0.05, 0) is 38.0 Å². The topological polar surface area (TPSA) is 52.3 Å². The highest BCUT2D eigenvalue weighted by Crippen LogP contribution is 2.13. The van der Waals surface area contributed by atoms with Gasteiger partial charge in [0.15, 0.2) is 0 Å². The summed E-state index contributed by atoms with van der Waals surface area (Å²) in [6.45, 7) is 8.12. The van der Waals surface area contributed by atoms with E-state index in [9.17, 15) is 4.79 Å². The number of hydrogen-bond donors (Lipinski definition) is 1. The van der Waals surface area contributed by atoms with Gasteiger partial charge in [-0.15, -0.1) is 0 Å². The SMILES string of the molecule is CC.CCOc1ccc(CC(N)C(C)=O)cc1. The van der Waals surface area contributed by atoms with Crippen LogP contribution in [0.15, 0.2) is 24.3 Å². The lowest BCUT2D eigenvalue weighted by Gasteiger charge is -2.08. The Hall–Kier alpha value is -1.35. The Morgan fingerprint density at radius 1 is 1.29 bits per heavy atom. The van der Waals surface area contributed by atoms with E-state index in [1.807, 2.05) is 45.0 Å². The maximum Gasteiger partial charge on any atom is 0.146 e. The van der Waals surface area contributed by atoms with Gasteiger partial charge in [0.25, 0.3) is 0 Å². The molecule has 3 heteroatoms. The molecule has 2 N–H and O–H groups in total. The number of ketones is 1. The Balaban J connectivity index is 0.00000121. The zero-order valence-electron chi connectivity index (χ0n) is 11.2. The second-order valence-corrected chi connectivity index (χ2v) is 3.50. The first-order valence-corrected chi connectivity index (χ1v) is 6.11. The lowest BCUT2D eigenvalue weighted by atomic mass is 10.0. The van der Waals surface area contributed by atoms with E-state index in [0.717, 1.165) is 11.3 Å². The molecule has 1 atom stereocenters. The zero-order chi connectivity index (χ0) is 13.3. The Morgan fingerprint density at radius 2 is 1.82 bits per heavy atom. The molecule has 96 valence electrons. The molecule has 0 saturated heterocycles. The third-order valence-corrected chi connectivity index (χ3v) is 2.21. The fraction of sp³-hybridized carbons (Fsp3) is 0.500. The summed E-state index contributed by atoms with van der Waals surface area (Å²) in [4.78, 5) is 11.0. The summed E-state index contributed by atoms with van der Waals surface area (Å²) < 4.78 is 5.32. The molecule has 0 aromatic heterocycles. The standard InChI is InChI=1S/C12H17NO2.C2H6/c1-3-15-11-6-4-10(5-7-11)8-12(13)9(2)14;1-2/h4-7,12H,3,8,13H2,1-2H3;1-2H3. The van der Waals surface area contributed by atoms with Crippen LogP contribution in [-0.4, -0.2) is 18.4 Å². The van der Waals surface area contributed by atoms with Gasteiger partial charge in [0.05, 0.1) is 12.6 Å². The molecule has 1 aromatic rings. The number of ether oxygens (including phenoxy) is 1. The van der Waals surface area contributed by atoms with E-state index >= 15 is 0 Å². The number of hydrogen-bond acceptors (Lipinski definition) is 3. The van der Waals surface area contributed by atoms with E-state index in [1.165, 1.54) is 6.92 Å². The van der Waals surface area contributed by atoms with Gasteiger partial charge in [-0.25, -0.2) is 0 Å². The van der Waals surface area contributed by atoms with Crippen molar-refractivity contribution in [1.29, 1.82) is 0 Å². The summed E-state index contributed by atoms with van der Waals surface area (Å²) in [5, 5.41) is 0. The highest BCUT2D eigenvalue weighted by Gasteiger charge is 2.08. The van der Waals surface area contributed by atoms with Gasteiger partial charge < -0.3 is 10.5 Å². The molecule has 0 saturated carbocycles. The van der Waals surface area contributed by atoms with Crippen LogP contribution in [0, 0.1) is 0 Å². The Bertz CT molecular complexity index is 319. The maximum absolute atomic E-state index is 11.0. The van der Waals surface area contributed by atoms with Gasteiger partial charge in [0.2, 0.25) is 0 Å². The van der Waals surface area contributed by atoms with E-state index in [-0.39, 0.29) is 5.78 Å². The van der Waals surface area contributed by atoms with Crippen LogP contribution in [0.5, 0.6) is 5.75 Å². The smallest absolute Gasteiger partial charge is 0.146 e. The van der Waals surface area contributed by atoms with E-state index < -0.39 is 6.04 Å². The monoisotopic (exact) mass is 237 g/mol. The zero-order valence-corrected chi connectivity index (χ0v) is 11.2. The molecule has 1 aromatic carbocycles. The van der Waals surface area contributed by atoms with Crippen LogP contribution >= 0.6 is 0 Å². The Morgan fingerprint density at radius 3 is 2.24 bits per heavy atom. The second-order valence-electron chi connectivity index (χ2n) is 3.50. The molecule has 0 aliphatic rings. The third kappa shape index (κ3) is 6.07. The van der Waals surface area contributed by atoms with E-state index in [2.05, 4.69) is 0 Å². The molecule has 0 aliphatic heterocycles. The summed E-state index contributed by atoms with van der Waals surface area (Å²) >= 11 is 0. The largest absolute Gasteiger partial charge is 0.494 e. The third-order valence-electron chi connectivity index (χ3n) is 2.21. The van der Waals surface area contributed by atoms with Gasteiger partial charge in [0.1, 0.15) is 11.5 Å². The highest BCUT2D eigenvalue weighted by molar-refractivity contribution is 5.81.